The van der Waals surface area contributed by atoms with Crippen LogP contribution >= 0.6 is 0 Å². The maximum absolute atomic E-state index is 5.48. The Bertz CT molecular complexity index is 347. The third kappa shape index (κ3) is 2.20. The van der Waals surface area contributed by atoms with E-state index in [1.807, 2.05) is 0 Å². The Labute approximate surface area is 96.8 Å². The zero-order chi connectivity index (χ0) is 11.5. The predicted molar refractivity (Wildman–Crippen MR) is 64.0 cm³/mol. The number of hydrogen-bond donors (Lipinski definition) is 1. The third-order valence-electron chi connectivity index (χ3n) is 3.01. The minimum atomic E-state index is 0.317. The van der Waals surface area contributed by atoms with Crippen molar-refractivity contribution in [2.75, 3.05) is 26.9 Å². The summed E-state index contributed by atoms with van der Waals surface area (Å²) in [6, 6.07) is 4.67. The van der Waals surface area contributed by atoms with Gasteiger partial charge in [0.15, 0.2) is 0 Å². The van der Waals surface area contributed by atoms with Crippen molar-refractivity contribution >= 4 is 0 Å². The van der Waals surface area contributed by atoms with Gasteiger partial charge < -0.3 is 14.8 Å². The number of aryl methyl sites for hydroxylation is 2. The molecule has 1 heterocycles. The van der Waals surface area contributed by atoms with Crippen LogP contribution in [0.3, 0.4) is 0 Å². The van der Waals surface area contributed by atoms with Crippen molar-refractivity contribution in [3.05, 3.63) is 28.8 Å². The van der Waals surface area contributed by atoms with Gasteiger partial charge >= 0.3 is 0 Å². The minimum absolute atomic E-state index is 0.317. The fraction of sp³-hybridized carbons (Fsp3) is 0.538. The lowest BCUT2D eigenvalue weighted by Crippen LogP contribution is -2.34. The molecule has 0 aliphatic carbocycles. The Morgan fingerprint density at radius 2 is 2.00 bits per heavy atom. The van der Waals surface area contributed by atoms with Crippen LogP contribution in [-0.2, 0) is 4.74 Å². The average Bonchev–Trinajstić information content (AvgIpc) is 2.30. The molecular formula is C13H19NO2. The summed E-state index contributed by atoms with van der Waals surface area (Å²) in [5.74, 6) is 0.987. The molecule has 0 saturated carbocycles. The Balaban J connectivity index is 2.28. The molecule has 0 amide bonds. The van der Waals surface area contributed by atoms with Crippen LogP contribution in [0.5, 0.6) is 5.75 Å². The SMILES string of the molecule is COc1c(C)cc([C@H]2COCCN2)cc1C. The van der Waals surface area contributed by atoms with E-state index in [4.69, 9.17) is 9.47 Å². The highest BCUT2D eigenvalue weighted by Crippen LogP contribution is 2.27. The lowest BCUT2D eigenvalue weighted by Gasteiger charge is -2.25. The summed E-state index contributed by atoms with van der Waals surface area (Å²) in [5.41, 5.74) is 3.66. The van der Waals surface area contributed by atoms with Gasteiger partial charge in [0.2, 0.25) is 0 Å². The topological polar surface area (TPSA) is 30.5 Å². The molecule has 1 aliphatic rings. The molecule has 0 radical (unpaired) electrons. The normalized spacial score (nSPS) is 20.8. The fourth-order valence-electron chi connectivity index (χ4n) is 2.29. The monoisotopic (exact) mass is 221 g/mol. The van der Waals surface area contributed by atoms with E-state index in [1.165, 1.54) is 16.7 Å². The number of nitrogens with one attached hydrogen (secondary N) is 1. The van der Waals surface area contributed by atoms with E-state index in [0.29, 0.717) is 6.04 Å². The number of ether oxygens (including phenoxy) is 2. The molecule has 0 spiro atoms. The summed E-state index contributed by atoms with van der Waals surface area (Å²) in [4.78, 5) is 0. The van der Waals surface area contributed by atoms with Gasteiger partial charge in [-0.05, 0) is 30.5 Å². The molecule has 16 heavy (non-hydrogen) atoms. The second-order valence-corrected chi connectivity index (χ2v) is 4.27. The Hall–Kier alpha value is -1.06. The zero-order valence-electron chi connectivity index (χ0n) is 10.2. The summed E-state index contributed by atoms with van der Waals surface area (Å²) in [5, 5.41) is 3.46. The van der Waals surface area contributed by atoms with Crippen LogP contribution in [0.25, 0.3) is 0 Å². The first-order chi connectivity index (χ1) is 7.72. The Morgan fingerprint density at radius 1 is 1.31 bits per heavy atom. The smallest absolute Gasteiger partial charge is 0.124 e. The number of methoxy groups -OCH3 is 1. The van der Waals surface area contributed by atoms with Crippen molar-refractivity contribution in [3.8, 4) is 5.75 Å². The van der Waals surface area contributed by atoms with Crippen LogP contribution in [0, 0.1) is 13.8 Å². The highest BCUT2D eigenvalue weighted by molar-refractivity contribution is 5.44. The van der Waals surface area contributed by atoms with Crippen molar-refractivity contribution in [2.45, 2.75) is 19.9 Å². The Kier molecular flexibility index (Phi) is 3.46. The van der Waals surface area contributed by atoms with Crippen molar-refractivity contribution in [3.63, 3.8) is 0 Å². The molecule has 1 atom stereocenters. The van der Waals surface area contributed by atoms with E-state index in [-0.39, 0.29) is 0 Å². The van der Waals surface area contributed by atoms with Gasteiger partial charge in [0.25, 0.3) is 0 Å². The highest BCUT2D eigenvalue weighted by Gasteiger charge is 2.17. The fourth-order valence-corrected chi connectivity index (χ4v) is 2.29. The second kappa shape index (κ2) is 4.85. The van der Waals surface area contributed by atoms with Crippen molar-refractivity contribution in [1.29, 1.82) is 0 Å². The van der Waals surface area contributed by atoms with E-state index in [0.717, 1.165) is 25.5 Å². The van der Waals surface area contributed by atoms with Gasteiger partial charge in [0, 0.05) is 6.54 Å². The second-order valence-electron chi connectivity index (χ2n) is 4.27. The lowest BCUT2D eigenvalue weighted by molar-refractivity contribution is 0.0768. The summed E-state index contributed by atoms with van der Waals surface area (Å²) in [6.07, 6.45) is 0. The number of benzene rings is 1. The largest absolute Gasteiger partial charge is 0.496 e. The lowest BCUT2D eigenvalue weighted by atomic mass is 10.00. The van der Waals surface area contributed by atoms with Gasteiger partial charge in [-0.15, -0.1) is 0 Å². The zero-order valence-corrected chi connectivity index (χ0v) is 10.2. The first-order valence-corrected chi connectivity index (χ1v) is 5.68. The molecule has 1 N–H and O–H groups in total. The van der Waals surface area contributed by atoms with Crippen molar-refractivity contribution < 1.29 is 9.47 Å². The summed E-state index contributed by atoms with van der Waals surface area (Å²) < 4.78 is 10.8. The van der Waals surface area contributed by atoms with Gasteiger partial charge in [0.05, 0.1) is 26.4 Å². The van der Waals surface area contributed by atoms with Gasteiger partial charge in [-0.1, -0.05) is 12.1 Å². The molecule has 0 unspecified atom stereocenters. The molecule has 1 aliphatic heterocycles. The van der Waals surface area contributed by atoms with Crippen LogP contribution in [0.4, 0.5) is 0 Å². The maximum atomic E-state index is 5.48. The van der Waals surface area contributed by atoms with Gasteiger partial charge in [-0.2, -0.15) is 0 Å². The van der Waals surface area contributed by atoms with Crippen LogP contribution < -0.4 is 10.1 Å². The number of hydrogen-bond acceptors (Lipinski definition) is 3. The van der Waals surface area contributed by atoms with Crippen molar-refractivity contribution in [2.24, 2.45) is 0 Å². The van der Waals surface area contributed by atoms with E-state index in [9.17, 15) is 0 Å². The van der Waals surface area contributed by atoms with Gasteiger partial charge in [0.1, 0.15) is 5.75 Å². The van der Waals surface area contributed by atoms with Crippen LogP contribution in [0.15, 0.2) is 12.1 Å². The molecule has 1 aromatic rings. The summed E-state index contributed by atoms with van der Waals surface area (Å²) in [6.45, 7) is 6.66. The van der Waals surface area contributed by atoms with Crippen LogP contribution in [-0.4, -0.2) is 26.9 Å². The first-order valence-electron chi connectivity index (χ1n) is 5.68. The summed E-state index contributed by atoms with van der Waals surface area (Å²) in [7, 11) is 1.72. The van der Waals surface area contributed by atoms with E-state index in [1.54, 1.807) is 7.11 Å². The molecule has 3 heteroatoms. The molecule has 1 fully saturated rings. The third-order valence-corrected chi connectivity index (χ3v) is 3.01. The molecule has 2 rings (SSSR count). The van der Waals surface area contributed by atoms with Gasteiger partial charge in [-0.3, -0.25) is 0 Å². The minimum Gasteiger partial charge on any atom is -0.496 e. The molecule has 0 aromatic heterocycles. The molecule has 1 aromatic carbocycles. The number of rotatable bonds is 2. The van der Waals surface area contributed by atoms with Crippen molar-refractivity contribution in [1.82, 2.24) is 5.32 Å². The Morgan fingerprint density at radius 3 is 2.50 bits per heavy atom. The molecule has 3 nitrogen and oxygen atoms in total. The first kappa shape index (κ1) is 11.4. The number of morpholine rings is 1. The van der Waals surface area contributed by atoms with E-state index in [2.05, 4.69) is 31.3 Å². The highest BCUT2D eigenvalue weighted by atomic mass is 16.5. The average molecular weight is 221 g/mol. The van der Waals surface area contributed by atoms with E-state index >= 15 is 0 Å². The predicted octanol–water partition coefficient (Wildman–Crippen LogP) is 1.97. The molecular weight excluding hydrogens is 202 g/mol. The van der Waals surface area contributed by atoms with E-state index < -0.39 is 0 Å². The quantitative estimate of drug-likeness (QED) is 0.828. The summed E-state index contributed by atoms with van der Waals surface area (Å²) >= 11 is 0. The van der Waals surface area contributed by atoms with Crippen LogP contribution in [0.2, 0.25) is 0 Å². The molecule has 88 valence electrons. The standard InChI is InChI=1S/C13H19NO2/c1-9-6-11(7-10(2)13(9)15-3)12-8-16-5-4-14-12/h6-7,12,14H,4-5,8H2,1-3H3/t12-/m1/s1. The maximum Gasteiger partial charge on any atom is 0.124 e. The molecule has 1 saturated heterocycles. The molecule has 0 bridgehead atoms. The van der Waals surface area contributed by atoms with Crippen LogP contribution in [0.1, 0.15) is 22.7 Å². The van der Waals surface area contributed by atoms with Gasteiger partial charge in [-0.25, -0.2) is 0 Å².